The first-order valence-corrected chi connectivity index (χ1v) is 12.3. The molecule has 0 bridgehead atoms. The Kier molecular flexibility index (Phi) is 8.24. The lowest BCUT2D eigenvalue weighted by atomic mass is 10.1. The largest absolute Gasteiger partial charge is 0.497 e. The number of nitrogens with one attached hydrogen (secondary N) is 1. The number of amides is 1. The molecule has 35 heavy (non-hydrogen) atoms. The molecule has 0 saturated heterocycles. The molecule has 9 heteroatoms. The van der Waals surface area contributed by atoms with Crippen molar-refractivity contribution in [1.29, 1.82) is 0 Å². The zero-order valence-corrected chi connectivity index (χ0v) is 21.3. The van der Waals surface area contributed by atoms with E-state index in [9.17, 15) is 13.2 Å². The molecule has 0 radical (unpaired) electrons. The fourth-order valence-electron chi connectivity index (χ4n) is 3.68. The third kappa shape index (κ3) is 6.24. The van der Waals surface area contributed by atoms with Crippen LogP contribution in [0.15, 0.2) is 65.6 Å². The Hall–Kier alpha value is -3.72. The molecular formula is C26H30N2O6S. The van der Waals surface area contributed by atoms with Crippen molar-refractivity contribution in [1.82, 2.24) is 5.32 Å². The van der Waals surface area contributed by atoms with Crippen LogP contribution in [0.4, 0.5) is 5.69 Å². The average Bonchev–Trinajstić information content (AvgIpc) is 2.84. The first-order chi connectivity index (χ1) is 16.7. The molecule has 1 N–H and O–H groups in total. The summed E-state index contributed by atoms with van der Waals surface area (Å²) in [5, 5.41) is 2.80. The number of methoxy groups -OCH3 is 3. The van der Waals surface area contributed by atoms with Gasteiger partial charge in [0.05, 0.1) is 31.9 Å². The fourth-order valence-corrected chi connectivity index (χ4v) is 5.10. The Morgan fingerprint density at radius 2 is 1.54 bits per heavy atom. The predicted molar refractivity (Wildman–Crippen MR) is 135 cm³/mol. The van der Waals surface area contributed by atoms with E-state index in [4.69, 9.17) is 14.2 Å². The zero-order valence-electron chi connectivity index (χ0n) is 20.5. The van der Waals surface area contributed by atoms with Crippen molar-refractivity contribution in [2.24, 2.45) is 0 Å². The molecule has 0 spiro atoms. The number of carbonyl (C=O) groups excluding carboxylic acids is 1. The van der Waals surface area contributed by atoms with Crippen LogP contribution in [0.2, 0.25) is 0 Å². The SMILES string of the molecule is COc1cccc(CNC(=O)CN(c2cc(C)cc(C)c2)S(=O)(=O)c2ccc(OC)c(OC)c2)c1. The van der Waals surface area contributed by atoms with Crippen LogP contribution < -0.4 is 23.8 Å². The van der Waals surface area contributed by atoms with E-state index in [1.807, 2.05) is 44.2 Å². The maximum Gasteiger partial charge on any atom is 0.264 e. The van der Waals surface area contributed by atoms with Gasteiger partial charge in [-0.2, -0.15) is 0 Å². The summed E-state index contributed by atoms with van der Waals surface area (Å²) in [6.07, 6.45) is 0. The van der Waals surface area contributed by atoms with Gasteiger partial charge in [0.2, 0.25) is 5.91 Å². The Labute approximate surface area is 206 Å². The van der Waals surface area contributed by atoms with Crippen LogP contribution in [-0.4, -0.2) is 42.2 Å². The number of sulfonamides is 1. The second-order valence-corrected chi connectivity index (χ2v) is 9.86. The van der Waals surface area contributed by atoms with Gasteiger partial charge in [0.25, 0.3) is 10.0 Å². The number of hydrogen-bond acceptors (Lipinski definition) is 6. The summed E-state index contributed by atoms with van der Waals surface area (Å²) in [5.41, 5.74) is 2.99. The molecule has 0 aliphatic carbocycles. The number of ether oxygens (including phenoxy) is 3. The van der Waals surface area contributed by atoms with Gasteiger partial charge >= 0.3 is 0 Å². The molecule has 0 atom stereocenters. The molecule has 0 aliphatic rings. The maximum atomic E-state index is 13.7. The second kappa shape index (κ2) is 11.1. The van der Waals surface area contributed by atoms with E-state index in [2.05, 4.69) is 5.32 Å². The van der Waals surface area contributed by atoms with Gasteiger partial charge < -0.3 is 19.5 Å². The van der Waals surface area contributed by atoms with Crippen LogP contribution in [0.3, 0.4) is 0 Å². The number of nitrogens with zero attached hydrogens (tertiary/aromatic N) is 1. The zero-order chi connectivity index (χ0) is 25.6. The van der Waals surface area contributed by atoms with Crippen molar-refractivity contribution in [3.63, 3.8) is 0 Å². The lowest BCUT2D eigenvalue weighted by Gasteiger charge is -2.25. The minimum atomic E-state index is -4.12. The van der Waals surface area contributed by atoms with Crippen molar-refractivity contribution in [2.75, 3.05) is 32.2 Å². The lowest BCUT2D eigenvalue weighted by molar-refractivity contribution is -0.119. The van der Waals surface area contributed by atoms with E-state index in [0.29, 0.717) is 17.2 Å². The third-order valence-corrected chi connectivity index (χ3v) is 7.12. The van der Waals surface area contributed by atoms with Crippen LogP contribution in [-0.2, 0) is 21.4 Å². The molecule has 3 rings (SSSR count). The van der Waals surface area contributed by atoms with E-state index >= 15 is 0 Å². The molecule has 0 aromatic heterocycles. The highest BCUT2D eigenvalue weighted by Crippen LogP contribution is 2.32. The topological polar surface area (TPSA) is 94.2 Å². The van der Waals surface area contributed by atoms with Gasteiger partial charge in [-0.3, -0.25) is 9.10 Å². The van der Waals surface area contributed by atoms with E-state index < -0.39 is 22.5 Å². The predicted octanol–water partition coefficient (Wildman–Crippen LogP) is 3.84. The van der Waals surface area contributed by atoms with Gasteiger partial charge in [0, 0.05) is 12.6 Å². The number of anilines is 1. The Balaban J connectivity index is 1.94. The minimum Gasteiger partial charge on any atom is -0.497 e. The third-order valence-electron chi connectivity index (χ3n) is 5.35. The second-order valence-electron chi connectivity index (χ2n) is 8.00. The standard InChI is InChI=1S/C26H30N2O6S/c1-18-11-19(2)13-21(12-18)28(17-26(29)27-16-20-7-6-8-22(14-20)32-3)35(30,31)23-9-10-24(33-4)25(15-23)34-5/h6-15H,16-17H2,1-5H3,(H,27,29). The van der Waals surface area contributed by atoms with Gasteiger partial charge in [-0.1, -0.05) is 18.2 Å². The molecule has 0 saturated carbocycles. The Bertz CT molecular complexity index is 1290. The summed E-state index contributed by atoms with van der Waals surface area (Å²) >= 11 is 0. The summed E-state index contributed by atoms with van der Waals surface area (Å²) < 4.78 is 44.3. The highest BCUT2D eigenvalue weighted by molar-refractivity contribution is 7.92. The van der Waals surface area contributed by atoms with Gasteiger partial charge in [-0.15, -0.1) is 0 Å². The molecule has 0 fully saturated rings. The summed E-state index contributed by atoms with van der Waals surface area (Å²) in [4.78, 5) is 12.9. The number of rotatable bonds is 10. The first kappa shape index (κ1) is 25.9. The van der Waals surface area contributed by atoms with Crippen LogP contribution >= 0.6 is 0 Å². The highest BCUT2D eigenvalue weighted by Gasteiger charge is 2.28. The summed E-state index contributed by atoms with van der Waals surface area (Å²) in [7, 11) is 0.356. The molecular weight excluding hydrogens is 468 g/mol. The van der Waals surface area contributed by atoms with Crippen LogP contribution in [0.25, 0.3) is 0 Å². The quantitative estimate of drug-likeness (QED) is 0.457. The number of carbonyl (C=O) groups is 1. The van der Waals surface area contributed by atoms with Crippen LogP contribution in [0.1, 0.15) is 16.7 Å². The average molecular weight is 499 g/mol. The molecule has 186 valence electrons. The number of benzene rings is 3. The number of aryl methyl sites for hydroxylation is 2. The van der Waals surface area contributed by atoms with E-state index in [0.717, 1.165) is 21.0 Å². The summed E-state index contributed by atoms with van der Waals surface area (Å²) in [5.74, 6) is 0.900. The first-order valence-electron chi connectivity index (χ1n) is 10.9. The summed E-state index contributed by atoms with van der Waals surface area (Å²) in [6, 6.07) is 17.0. The highest BCUT2D eigenvalue weighted by atomic mass is 32.2. The van der Waals surface area contributed by atoms with Gasteiger partial charge in [0.1, 0.15) is 12.3 Å². The smallest absolute Gasteiger partial charge is 0.264 e. The molecule has 0 unspecified atom stereocenters. The van der Waals surface area contributed by atoms with Crippen molar-refractivity contribution < 1.29 is 27.4 Å². The van der Waals surface area contributed by atoms with Crippen LogP contribution in [0.5, 0.6) is 17.2 Å². The van der Waals surface area contributed by atoms with Gasteiger partial charge in [-0.05, 0) is 66.9 Å². The Morgan fingerprint density at radius 3 is 2.17 bits per heavy atom. The molecule has 0 heterocycles. The van der Waals surface area contributed by atoms with Crippen molar-refractivity contribution in [3.8, 4) is 17.2 Å². The van der Waals surface area contributed by atoms with Crippen molar-refractivity contribution in [3.05, 3.63) is 77.4 Å². The molecule has 1 amide bonds. The van der Waals surface area contributed by atoms with E-state index in [-0.39, 0.29) is 17.2 Å². The van der Waals surface area contributed by atoms with Gasteiger partial charge in [0.15, 0.2) is 11.5 Å². The number of hydrogen-bond donors (Lipinski definition) is 1. The van der Waals surface area contributed by atoms with Crippen LogP contribution in [0, 0.1) is 13.8 Å². The maximum absolute atomic E-state index is 13.7. The minimum absolute atomic E-state index is 0.0186. The Morgan fingerprint density at radius 1 is 0.857 bits per heavy atom. The van der Waals surface area contributed by atoms with E-state index in [1.165, 1.54) is 32.4 Å². The fraction of sp³-hybridized carbons (Fsp3) is 0.269. The monoisotopic (exact) mass is 498 g/mol. The summed E-state index contributed by atoms with van der Waals surface area (Å²) in [6.45, 7) is 3.58. The lowest BCUT2D eigenvalue weighted by Crippen LogP contribution is -2.40. The molecule has 3 aromatic rings. The van der Waals surface area contributed by atoms with Gasteiger partial charge in [-0.25, -0.2) is 8.42 Å². The molecule has 8 nitrogen and oxygen atoms in total. The van der Waals surface area contributed by atoms with Crippen molar-refractivity contribution in [2.45, 2.75) is 25.3 Å². The van der Waals surface area contributed by atoms with Crippen molar-refractivity contribution >= 4 is 21.6 Å². The normalized spacial score (nSPS) is 11.0. The molecule has 3 aromatic carbocycles. The van der Waals surface area contributed by atoms with E-state index in [1.54, 1.807) is 19.2 Å². The molecule has 0 aliphatic heterocycles.